The van der Waals surface area contributed by atoms with Crippen molar-refractivity contribution in [1.82, 2.24) is 20.0 Å². The molecule has 6 heteroatoms. The SMILES string of the molecule is CN1CCCC2CN(Cc3nnc(Cl)s3)CCC21. The van der Waals surface area contributed by atoms with Gasteiger partial charge in [-0.1, -0.05) is 11.3 Å². The van der Waals surface area contributed by atoms with Crippen LogP contribution in [0.1, 0.15) is 24.3 Å². The third-order valence-electron chi connectivity index (χ3n) is 4.23. The Hall–Kier alpha value is -0.230. The van der Waals surface area contributed by atoms with E-state index in [9.17, 15) is 0 Å². The maximum atomic E-state index is 5.83. The second kappa shape index (κ2) is 5.41. The zero-order chi connectivity index (χ0) is 12.5. The van der Waals surface area contributed by atoms with E-state index in [4.69, 9.17) is 11.6 Å². The Morgan fingerprint density at radius 2 is 2.22 bits per heavy atom. The van der Waals surface area contributed by atoms with E-state index in [-0.39, 0.29) is 0 Å². The van der Waals surface area contributed by atoms with Crippen molar-refractivity contribution in [3.63, 3.8) is 0 Å². The maximum absolute atomic E-state index is 5.83. The van der Waals surface area contributed by atoms with Crippen molar-refractivity contribution in [3.8, 4) is 0 Å². The summed E-state index contributed by atoms with van der Waals surface area (Å²) in [7, 11) is 2.27. The van der Waals surface area contributed by atoms with Crippen molar-refractivity contribution in [1.29, 1.82) is 0 Å². The predicted octanol–water partition coefficient (Wildman–Crippen LogP) is 2.11. The highest BCUT2D eigenvalue weighted by Crippen LogP contribution is 2.30. The van der Waals surface area contributed by atoms with E-state index in [0.29, 0.717) is 4.47 Å². The van der Waals surface area contributed by atoms with Gasteiger partial charge in [0.25, 0.3) is 0 Å². The van der Waals surface area contributed by atoms with Crippen LogP contribution in [0, 0.1) is 5.92 Å². The zero-order valence-electron chi connectivity index (χ0n) is 10.7. The molecule has 0 bridgehead atoms. The van der Waals surface area contributed by atoms with E-state index in [1.165, 1.54) is 50.2 Å². The van der Waals surface area contributed by atoms with Gasteiger partial charge < -0.3 is 4.90 Å². The van der Waals surface area contributed by atoms with Crippen LogP contribution in [0.25, 0.3) is 0 Å². The van der Waals surface area contributed by atoms with E-state index in [1.54, 1.807) is 0 Å². The molecule has 0 aromatic carbocycles. The summed E-state index contributed by atoms with van der Waals surface area (Å²) in [6, 6.07) is 0.799. The molecule has 2 aliphatic heterocycles. The van der Waals surface area contributed by atoms with E-state index in [2.05, 4.69) is 27.0 Å². The van der Waals surface area contributed by atoms with Crippen LogP contribution < -0.4 is 0 Å². The van der Waals surface area contributed by atoms with Gasteiger partial charge in [-0.05, 0) is 50.4 Å². The van der Waals surface area contributed by atoms with Gasteiger partial charge in [0, 0.05) is 19.1 Å². The summed E-state index contributed by atoms with van der Waals surface area (Å²) in [5, 5.41) is 9.03. The van der Waals surface area contributed by atoms with Gasteiger partial charge in [0.1, 0.15) is 5.01 Å². The van der Waals surface area contributed by atoms with Gasteiger partial charge in [0.2, 0.25) is 4.47 Å². The molecule has 0 amide bonds. The fraction of sp³-hybridized carbons (Fsp3) is 0.833. The standard InChI is InChI=1S/C12H19ClN4S/c1-16-5-2-3-9-7-17(6-4-10(9)16)8-11-14-15-12(13)18-11/h9-10H,2-8H2,1H3. The van der Waals surface area contributed by atoms with Crippen LogP contribution in [0.2, 0.25) is 4.47 Å². The molecule has 1 aromatic heterocycles. The lowest BCUT2D eigenvalue weighted by atomic mass is 9.84. The van der Waals surface area contributed by atoms with Gasteiger partial charge >= 0.3 is 0 Å². The third kappa shape index (κ3) is 2.69. The lowest BCUT2D eigenvalue weighted by Crippen LogP contribution is -2.52. The molecule has 2 unspecified atom stereocenters. The monoisotopic (exact) mass is 286 g/mol. The average molecular weight is 287 g/mol. The third-order valence-corrected chi connectivity index (χ3v) is 5.23. The van der Waals surface area contributed by atoms with Gasteiger partial charge in [-0.3, -0.25) is 4.90 Å². The predicted molar refractivity (Wildman–Crippen MR) is 74.0 cm³/mol. The molecule has 0 aliphatic carbocycles. The molecule has 2 atom stereocenters. The minimum absolute atomic E-state index is 0.553. The molecule has 0 radical (unpaired) electrons. The Kier molecular flexibility index (Phi) is 3.84. The number of fused-ring (bicyclic) bond motifs is 1. The summed E-state index contributed by atoms with van der Waals surface area (Å²) in [6.45, 7) is 4.55. The topological polar surface area (TPSA) is 32.3 Å². The molecule has 0 spiro atoms. The van der Waals surface area contributed by atoms with E-state index in [1.807, 2.05) is 0 Å². The molecule has 4 nitrogen and oxygen atoms in total. The van der Waals surface area contributed by atoms with Crippen molar-refractivity contribution in [2.75, 3.05) is 26.7 Å². The molecule has 2 aliphatic rings. The first kappa shape index (κ1) is 12.8. The molecule has 0 N–H and O–H groups in total. The molecule has 100 valence electrons. The number of likely N-dealkylation sites (tertiary alicyclic amines) is 2. The van der Waals surface area contributed by atoms with Crippen molar-refractivity contribution < 1.29 is 0 Å². The normalized spacial score (nSPS) is 30.3. The van der Waals surface area contributed by atoms with Gasteiger partial charge in [-0.25, -0.2) is 0 Å². The van der Waals surface area contributed by atoms with Crippen molar-refractivity contribution >= 4 is 22.9 Å². The number of hydrogen-bond acceptors (Lipinski definition) is 5. The first-order valence-corrected chi connectivity index (χ1v) is 7.82. The van der Waals surface area contributed by atoms with Crippen LogP contribution in [0.3, 0.4) is 0 Å². The fourth-order valence-electron chi connectivity index (χ4n) is 3.36. The molecular formula is C12H19ClN4S. The number of hydrogen-bond donors (Lipinski definition) is 0. The number of nitrogens with zero attached hydrogens (tertiary/aromatic N) is 4. The van der Waals surface area contributed by atoms with Gasteiger partial charge in [0.05, 0.1) is 6.54 Å². The molecule has 0 saturated carbocycles. The second-order valence-corrected chi connectivity index (χ2v) is 7.07. The van der Waals surface area contributed by atoms with Crippen LogP contribution in [0.4, 0.5) is 0 Å². The van der Waals surface area contributed by atoms with Crippen molar-refractivity contribution in [2.45, 2.75) is 31.8 Å². The Balaban J connectivity index is 1.60. The van der Waals surface area contributed by atoms with Crippen molar-refractivity contribution in [3.05, 3.63) is 9.47 Å². The molecule has 3 rings (SSSR count). The maximum Gasteiger partial charge on any atom is 0.207 e. The summed E-state index contributed by atoms with van der Waals surface area (Å²) in [5.74, 6) is 0.834. The molecule has 3 heterocycles. The summed E-state index contributed by atoms with van der Waals surface area (Å²) < 4.78 is 0.553. The quantitative estimate of drug-likeness (QED) is 0.833. The van der Waals surface area contributed by atoms with Gasteiger partial charge in [-0.2, -0.15) is 0 Å². The summed E-state index contributed by atoms with van der Waals surface area (Å²) in [6.07, 6.45) is 4.01. The van der Waals surface area contributed by atoms with E-state index < -0.39 is 0 Å². The number of piperidine rings is 2. The van der Waals surface area contributed by atoms with Crippen LogP contribution in [-0.2, 0) is 6.54 Å². The second-order valence-electron chi connectivity index (χ2n) is 5.42. The van der Waals surface area contributed by atoms with Crippen molar-refractivity contribution in [2.24, 2.45) is 5.92 Å². The Morgan fingerprint density at radius 3 is 3.00 bits per heavy atom. The average Bonchev–Trinajstić information content (AvgIpc) is 2.75. The van der Waals surface area contributed by atoms with Crippen LogP contribution in [0.5, 0.6) is 0 Å². The lowest BCUT2D eigenvalue weighted by molar-refractivity contribution is 0.0354. The summed E-state index contributed by atoms with van der Waals surface area (Å²) >= 11 is 7.33. The van der Waals surface area contributed by atoms with E-state index >= 15 is 0 Å². The van der Waals surface area contributed by atoms with Gasteiger partial charge in [-0.15, -0.1) is 10.2 Å². The van der Waals surface area contributed by atoms with Gasteiger partial charge in [0.15, 0.2) is 0 Å². The molecular weight excluding hydrogens is 268 g/mol. The number of aromatic nitrogens is 2. The van der Waals surface area contributed by atoms with E-state index in [0.717, 1.165) is 23.5 Å². The molecule has 2 saturated heterocycles. The largest absolute Gasteiger partial charge is 0.303 e. The molecule has 1 aromatic rings. The Bertz CT molecular complexity index is 411. The van der Waals surface area contributed by atoms with Crippen LogP contribution in [0.15, 0.2) is 0 Å². The Labute approximate surface area is 117 Å². The molecule has 18 heavy (non-hydrogen) atoms. The van der Waals surface area contributed by atoms with Crippen LogP contribution >= 0.6 is 22.9 Å². The fourth-order valence-corrected chi connectivity index (χ4v) is 4.27. The number of rotatable bonds is 2. The highest BCUT2D eigenvalue weighted by Gasteiger charge is 2.34. The van der Waals surface area contributed by atoms with Crippen LogP contribution in [-0.4, -0.2) is 52.7 Å². The smallest absolute Gasteiger partial charge is 0.207 e. The minimum atomic E-state index is 0.553. The first-order chi connectivity index (χ1) is 8.72. The zero-order valence-corrected chi connectivity index (χ0v) is 12.3. The first-order valence-electron chi connectivity index (χ1n) is 6.63. The molecule has 2 fully saturated rings. The minimum Gasteiger partial charge on any atom is -0.303 e. The summed E-state index contributed by atoms with van der Waals surface area (Å²) in [5.41, 5.74) is 0. The highest BCUT2D eigenvalue weighted by molar-refractivity contribution is 7.15. The highest BCUT2D eigenvalue weighted by atomic mass is 35.5. The Morgan fingerprint density at radius 1 is 1.33 bits per heavy atom. The summed E-state index contributed by atoms with van der Waals surface area (Å²) in [4.78, 5) is 5.06. The number of halogens is 1. The lowest BCUT2D eigenvalue weighted by Gasteiger charge is -2.45.